The summed E-state index contributed by atoms with van der Waals surface area (Å²) in [7, 11) is 3.74. The zero-order valence-corrected chi connectivity index (χ0v) is 20.0. The zero-order chi connectivity index (χ0) is 23.3. The second-order valence-corrected chi connectivity index (χ2v) is 10.1. The number of amides is 2. The van der Waals surface area contributed by atoms with Crippen LogP contribution in [0, 0.1) is 5.92 Å². The molecule has 2 N–H and O–H groups in total. The third-order valence-corrected chi connectivity index (χ3v) is 5.49. The van der Waals surface area contributed by atoms with Gasteiger partial charge in [-0.2, -0.15) is 0 Å². The molecule has 1 aliphatic heterocycles. The molecule has 2 fully saturated rings. The van der Waals surface area contributed by atoms with Crippen LogP contribution in [0.25, 0.3) is 0 Å². The highest BCUT2D eigenvalue weighted by Crippen LogP contribution is 2.36. The fourth-order valence-corrected chi connectivity index (χ4v) is 3.92. The molecule has 8 nitrogen and oxygen atoms in total. The van der Waals surface area contributed by atoms with Crippen molar-refractivity contribution in [3.63, 3.8) is 0 Å². The molecule has 2 atom stereocenters. The fraction of sp³-hybridized carbons (Fsp3) is 0.667. The molecule has 0 aromatic heterocycles. The molecule has 1 saturated carbocycles. The number of nitrogens with one attached hydrogen (secondary N) is 2. The summed E-state index contributed by atoms with van der Waals surface area (Å²) in [6.45, 7) is 8.27. The summed E-state index contributed by atoms with van der Waals surface area (Å²) in [5, 5.41) is 6.61. The largest absolute Gasteiger partial charge is 0.444 e. The first-order chi connectivity index (χ1) is 15.1. The predicted molar refractivity (Wildman–Crippen MR) is 125 cm³/mol. The van der Waals surface area contributed by atoms with Gasteiger partial charge in [-0.15, -0.1) is 0 Å². The number of hydrogen-bond donors (Lipinski definition) is 2. The van der Waals surface area contributed by atoms with Gasteiger partial charge in [0.2, 0.25) is 5.91 Å². The zero-order valence-electron chi connectivity index (χ0n) is 20.0. The van der Waals surface area contributed by atoms with E-state index in [4.69, 9.17) is 9.47 Å². The van der Waals surface area contributed by atoms with Crippen LogP contribution in [0.1, 0.15) is 39.2 Å². The molecule has 32 heavy (non-hydrogen) atoms. The molecular weight excluding hydrogens is 408 g/mol. The monoisotopic (exact) mass is 446 g/mol. The summed E-state index contributed by atoms with van der Waals surface area (Å²) in [6, 6.07) is 8.08. The van der Waals surface area contributed by atoms with Gasteiger partial charge in [-0.3, -0.25) is 4.79 Å². The van der Waals surface area contributed by atoms with Crippen molar-refractivity contribution in [2.24, 2.45) is 5.92 Å². The van der Waals surface area contributed by atoms with E-state index in [1.807, 2.05) is 64.0 Å². The van der Waals surface area contributed by atoms with E-state index in [2.05, 4.69) is 10.6 Å². The lowest BCUT2D eigenvalue weighted by Gasteiger charge is -2.38. The average molecular weight is 447 g/mol. The molecule has 3 rings (SSSR count). The minimum Gasteiger partial charge on any atom is -0.444 e. The quantitative estimate of drug-likeness (QED) is 0.639. The number of ether oxygens (including phenoxy) is 2. The summed E-state index contributed by atoms with van der Waals surface area (Å²) in [6.07, 6.45) is 2.00. The van der Waals surface area contributed by atoms with Gasteiger partial charge in [0.05, 0.1) is 25.8 Å². The molecule has 0 spiro atoms. The van der Waals surface area contributed by atoms with Gasteiger partial charge in [-0.05, 0) is 71.3 Å². The summed E-state index contributed by atoms with van der Waals surface area (Å²) in [5.74, 6) is 0.523. The van der Waals surface area contributed by atoms with Crippen molar-refractivity contribution in [1.29, 1.82) is 0 Å². The maximum Gasteiger partial charge on any atom is 0.410 e. The normalized spacial score (nSPS) is 20.2. The summed E-state index contributed by atoms with van der Waals surface area (Å²) >= 11 is 0. The number of morpholine rings is 1. The van der Waals surface area contributed by atoms with Crippen LogP contribution >= 0.6 is 0 Å². The second kappa shape index (κ2) is 10.6. The topological polar surface area (TPSA) is 83.1 Å². The van der Waals surface area contributed by atoms with E-state index in [1.165, 1.54) is 12.8 Å². The highest BCUT2D eigenvalue weighted by atomic mass is 16.6. The molecule has 1 aromatic rings. The van der Waals surface area contributed by atoms with E-state index in [0.29, 0.717) is 38.7 Å². The van der Waals surface area contributed by atoms with Crippen molar-refractivity contribution in [3.05, 3.63) is 29.8 Å². The van der Waals surface area contributed by atoms with Crippen molar-refractivity contribution < 1.29 is 19.1 Å². The van der Waals surface area contributed by atoms with Gasteiger partial charge in [0.1, 0.15) is 5.60 Å². The number of carbonyl (C=O) groups is 2. The highest BCUT2D eigenvalue weighted by Gasteiger charge is 2.40. The number of anilines is 1. The smallest absolute Gasteiger partial charge is 0.410 e. The van der Waals surface area contributed by atoms with E-state index in [0.717, 1.165) is 11.3 Å². The second-order valence-electron chi connectivity index (χ2n) is 10.1. The Morgan fingerprint density at radius 1 is 1.28 bits per heavy atom. The molecule has 1 saturated heterocycles. The molecule has 0 unspecified atom stereocenters. The Bertz CT molecular complexity index is 788. The Hall–Kier alpha value is -2.16. The molecule has 1 aliphatic carbocycles. The average Bonchev–Trinajstić information content (AvgIpc) is 3.52. The number of hydrogen-bond acceptors (Lipinski definition) is 6. The Kier molecular flexibility index (Phi) is 8.14. The lowest BCUT2D eigenvalue weighted by atomic mass is 10.0. The number of rotatable bonds is 8. The lowest BCUT2D eigenvalue weighted by Crippen LogP contribution is -2.55. The van der Waals surface area contributed by atoms with Crippen LogP contribution in [0.2, 0.25) is 0 Å². The standard InChI is InChI=1S/C24H38N4O4/c1-24(2,3)32-23(30)28-11-12-31-20(15-28)22(18-9-10-18)25-14-17-7-6-8-19(13-17)26-21(29)16-27(4)5/h6-8,13,18,20,22,25H,9-12,14-16H2,1-5H3,(H,26,29)/t20-,22-/m0/s1. The van der Waals surface area contributed by atoms with Gasteiger partial charge in [0, 0.05) is 24.8 Å². The Morgan fingerprint density at radius 3 is 2.69 bits per heavy atom. The fourth-order valence-electron chi connectivity index (χ4n) is 3.92. The van der Waals surface area contributed by atoms with Crippen LogP contribution in [-0.4, -0.2) is 79.9 Å². The summed E-state index contributed by atoms with van der Waals surface area (Å²) < 4.78 is 11.6. The third kappa shape index (κ3) is 7.76. The van der Waals surface area contributed by atoms with Gasteiger partial charge >= 0.3 is 6.09 Å². The van der Waals surface area contributed by atoms with Crippen LogP contribution in [0.5, 0.6) is 0 Å². The van der Waals surface area contributed by atoms with Gasteiger partial charge in [0.15, 0.2) is 0 Å². The Balaban J connectivity index is 1.57. The predicted octanol–water partition coefficient (Wildman–Crippen LogP) is 2.69. The van der Waals surface area contributed by atoms with Gasteiger partial charge < -0.3 is 29.9 Å². The molecule has 1 aromatic carbocycles. The minimum atomic E-state index is -0.508. The molecule has 2 aliphatic rings. The molecule has 178 valence electrons. The Labute approximate surface area is 191 Å². The van der Waals surface area contributed by atoms with Crippen LogP contribution in [0.3, 0.4) is 0 Å². The first-order valence-corrected chi connectivity index (χ1v) is 11.5. The number of nitrogens with zero attached hydrogens (tertiary/aromatic N) is 2. The van der Waals surface area contributed by atoms with E-state index in [1.54, 1.807) is 4.90 Å². The summed E-state index contributed by atoms with van der Waals surface area (Å²) in [4.78, 5) is 28.2. The third-order valence-electron chi connectivity index (χ3n) is 5.49. The van der Waals surface area contributed by atoms with E-state index in [9.17, 15) is 9.59 Å². The van der Waals surface area contributed by atoms with Gasteiger partial charge in [-0.25, -0.2) is 4.79 Å². The van der Waals surface area contributed by atoms with Crippen molar-refractivity contribution in [2.45, 2.75) is 57.9 Å². The van der Waals surface area contributed by atoms with Crippen molar-refractivity contribution in [1.82, 2.24) is 15.1 Å². The van der Waals surface area contributed by atoms with Crippen molar-refractivity contribution >= 4 is 17.7 Å². The molecule has 0 radical (unpaired) electrons. The molecule has 1 heterocycles. The maximum atomic E-state index is 12.5. The first-order valence-electron chi connectivity index (χ1n) is 11.5. The number of likely N-dealkylation sites (N-methyl/N-ethyl adjacent to an activating group) is 1. The van der Waals surface area contributed by atoms with Gasteiger partial charge in [0.25, 0.3) is 0 Å². The number of benzene rings is 1. The van der Waals surface area contributed by atoms with Gasteiger partial charge in [-0.1, -0.05) is 12.1 Å². The first kappa shape index (κ1) is 24.5. The minimum absolute atomic E-state index is 0.0335. The molecular formula is C24H38N4O4. The molecule has 2 amide bonds. The van der Waals surface area contributed by atoms with E-state index < -0.39 is 5.60 Å². The van der Waals surface area contributed by atoms with E-state index in [-0.39, 0.29) is 24.1 Å². The van der Waals surface area contributed by atoms with Crippen molar-refractivity contribution in [2.75, 3.05) is 45.7 Å². The van der Waals surface area contributed by atoms with Crippen molar-refractivity contribution in [3.8, 4) is 0 Å². The maximum absolute atomic E-state index is 12.5. The number of carbonyl (C=O) groups excluding carboxylic acids is 2. The van der Waals surface area contributed by atoms with Crippen LogP contribution in [0.15, 0.2) is 24.3 Å². The SMILES string of the molecule is CN(C)CC(=O)Nc1cccc(CN[C@@H](C2CC2)[C@@H]2CN(C(=O)OC(C)(C)C)CCO2)c1. The summed E-state index contributed by atoms with van der Waals surface area (Å²) in [5.41, 5.74) is 1.38. The lowest BCUT2D eigenvalue weighted by molar-refractivity contribution is -0.116. The van der Waals surface area contributed by atoms with E-state index >= 15 is 0 Å². The Morgan fingerprint density at radius 2 is 2.03 bits per heavy atom. The van der Waals surface area contributed by atoms with Crippen LogP contribution < -0.4 is 10.6 Å². The molecule has 0 bridgehead atoms. The highest BCUT2D eigenvalue weighted by molar-refractivity contribution is 5.92. The molecule has 8 heteroatoms. The van der Waals surface area contributed by atoms with Crippen LogP contribution in [-0.2, 0) is 20.8 Å². The van der Waals surface area contributed by atoms with Crippen LogP contribution in [0.4, 0.5) is 10.5 Å².